The molecule has 0 unspecified atom stereocenters. The van der Waals surface area contributed by atoms with Gasteiger partial charge in [0.1, 0.15) is 5.82 Å². The van der Waals surface area contributed by atoms with Crippen LogP contribution in [-0.2, 0) is 9.47 Å². The summed E-state index contributed by atoms with van der Waals surface area (Å²) in [6.45, 7) is 6.82. The Hall–Kier alpha value is -0.960. The van der Waals surface area contributed by atoms with Crippen molar-refractivity contribution in [3.8, 4) is 0 Å². The van der Waals surface area contributed by atoms with Crippen molar-refractivity contribution in [2.75, 3.05) is 14.2 Å². The van der Waals surface area contributed by atoms with Crippen molar-refractivity contribution < 1.29 is 13.9 Å². The quantitative estimate of drug-likeness (QED) is 0.622. The highest BCUT2D eigenvalue weighted by Crippen LogP contribution is 2.31. The minimum absolute atomic E-state index is 0.0570. The number of methoxy groups -OCH3 is 2. The van der Waals surface area contributed by atoms with Crippen molar-refractivity contribution in [2.45, 2.75) is 6.29 Å². The molecule has 0 aliphatic heterocycles. The molecule has 0 aliphatic rings. The summed E-state index contributed by atoms with van der Waals surface area (Å²) < 4.78 is 23.6. The summed E-state index contributed by atoms with van der Waals surface area (Å²) in [6, 6.07) is 2.94. The molecule has 0 saturated heterocycles. The minimum atomic E-state index is -0.595. The Morgan fingerprint density at radius 1 is 1.40 bits per heavy atom. The smallest absolute Gasteiger partial charge is 0.223 e. The standard InChI is InChI=1S/C10H9BrFNO2/c1-13-8-5-6(10(14-2)15-3)4-7(11)9(8)12/h4-5,10H,2-3H3. The predicted molar refractivity (Wildman–Crippen MR) is 57.1 cm³/mol. The van der Waals surface area contributed by atoms with Crippen molar-refractivity contribution in [1.82, 2.24) is 0 Å². The van der Waals surface area contributed by atoms with E-state index in [1.54, 1.807) is 0 Å². The van der Waals surface area contributed by atoms with Gasteiger partial charge in [0, 0.05) is 18.7 Å². The van der Waals surface area contributed by atoms with Crippen molar-refractivity contribution in [2.24, 2.45) is 0 Å². The molecule has 0 amide bonds. The number of halogens is 2. The van der Waals surface area contributed by atoms with Crippen LogP contribution < -0.4 is 0 Å². The average Bonchev–Trinajstić information content (AvgIpc) is 2.24. The largest absolute Gasteiger partial charge is 0.352 e. The lowest BCUT2D eigenvalue weighted by atomic mass is 10.2. The monoisotopic (exact) mass is 273 g/mol. The lowest BCUT2D eigenvalue weighted by Crippen LogP contribution is -2.03. The summed E-state index contributed by atoms with van der Waals surface area (Å²) in [5.74, 6) is -0.570. The summed E-state index contributed by atoms with van der Waals surface area (Å²) in [4.78, 5) is 3.08. The Kier molecular flexibility index (Phi) is 4.21. The van der Waals surface area contributed by atoms with Gasteiger partial charge in [-0.15, -0.1) is 0 Å². The average molecular weight is 274 g/mol. The van der Waals surface area contributed by atoms with Gasteiger partial charge in [0.2, 0.25) is 5.69 Å². The van der Waals surface area contributed by atoms with Gasteiger partial charge in [-0.05, 0) is 33.6 Å². The van der Waals surface area contributed by atoms with E-state index >= 15 is 0 Å². The van der Waals surface area contributed by atoms with Crippen LogP contribution in [0.5, 0.6) is 0 Å². The van der Waals surface area contributed by atoms with Crippen LogP contribution in [0.4, 0.5) is 10.1 Å². The fraction of sp³-hybridized carbons (Fsp3) is 0.300. The molecule has 0 saturated carbocycles. The van der Waals surface area contributed by atoms with Gasteiger partial charge in [-0.1, -0.05) is 0 Å². The van der Waals surface area contributed by atoms with E-state index in [2.05, 4.69) is 20.8 Å². The number of hydrogen-bond acceptors (Lipinski definition) is 2. The van der Waals surface area contributed by atoms with Gasteiger partial charge < -0.3 is 9.47 Å². The molecule has 3 nitrogen and oxygen atoms in total. The number of benzene rings is 1. The maximum atomic E-state index is 13.3. The molecule has 0 radical (unpaired) electrons. The van der Waals surface area contributed by atoms with E-state index in [0.717, 1.165) is 0 Å². The zero-order valence-corrected chi connectivity index (χ0v) is 9.84. The zero-order chi connectivity index (χ0) is 11.4. The van der Waals surface area contributed by atoms with Gasteiger partial charge in [-0.25, -0.2) is 9.24 Å². The number of rotatable bonds is 3. The Labute approximate surface area is 95.8 Å². The lowest BCUT2D eigenvalue weighted by Gasteiger charge is -2.14. The Balaban J connectivity index is 3.22. The van der Waals surface area contributed by atoms with Gasteiger partial charge in [0.25, 0.3) is 0 Å². The molecule has 1 aromatic rings. The molecule has 0 spiro atoms. The van der Waals surface area contributed by atoms with Crippen LogP contribution in [0, 0.1) is 12.4 Å². The highest BCUT2D eigenvalue weighted by atomic mass is 79.9. The van der Waals surface area contributed by atoms with Crippen LogP contribution in [0.25, 0.3) is 4.85 Å². The fourth-order valence-electron chi connectivity index (χ4n) is 1.18. The number of nitrogens with zero attached hydrogens (tertiary/aromatic N) is 1. The molecule has 0 fully saturated rings. The minimum Gasteiger partial charge on any atom is -0.352 e. The third kappa shape index (κ3) is 2.53. The van der Waals surface area contributed by atoms with E-state index in [-0.39, 0.29) is 10.2 Å². The van der Waals surface area contributed by atoms with Gasteiger partial charge in [0.05, 0.1) is 6.57 Å². The van der Waals surface area contributed by atoms with Crippen molar-refractivity contribution in [3.05, 3.63) is 39.4 Å². The van der Waals surface area contributed by atoms with Crippen LogP contribution in [0.2, 0.25) is 0 Å². The number of ether oxygens (including phenoxy) is 2. The summed E-state index contributed by atoms with van der Waals surface area (Å²) in [5.41, 5.74) is 0.540. The van der Waals surface area contributed by atoms with Gasteiger partial charge >= 0.3 is 0 Å². The maximum absolute atomic E-state index is 13.3. The van der Waals surface area contributed by atoms with Gasteiger partial charge in [0.15, 0.2) is 6.29 Å². The molecule has 0 N–H and O–H groups in total. The maximum Gasteiger partial charge on any atom is 0.223 e. The second-order valence-electron chi connectivity index (χ2n) is 2.75. The fourth-order valence-corrected chi connectivity index (χ4v) is 1.65. The Bertz CT molecular complexity index is 399. The summed E-state index contributed by atoms with van der Waals surface area (Å²) >= 11 is 3.03. The van der Waals surface area contributed by atoms with Crippen LogP contribution in [-0.4, -0.2) is 14.2 Å². The summed E-state index contributed by atoms with van der Waals surface area (Å²) in [6.07, 6.45) is -0.595. The molecule has 0 atom stereocenters. The molecule has 15 heavy (non-hydrogen) atoms. The van der Waals surface area contributed by atoms with Crippen LogP contribution in [0.1, 0.15) is 11.9 Å². The van der Waals surface area contributed by atoms with E-state index < -0.39 is 12.1 Å². The van der Waals surface area contributed by atoms with E-state index in [1.165, 1.54) is 26.4 Å². The molecule has 0 heterocycles. The Morgan fingerprint density at radius 3 is 2.47 bits per heavy atom. The highest BCUT2D eigenvalue weighted by molar-refractivity contribution is 9.10. The number of hydrogen-bond donors (Lipinski definition) is 0. The highest BCUT2D eigenvalue weighted by Gasteiger charge is 2.15. The molecular formula is C10H9BrFNO2. The van der Waals surface area contributed by atoms with Crippen molar-refractivity contribution >= 4 is 21.6 Å². The molecule has 0 bridgehead atoms. The first kappa shape index (κ1) is 12.1. The Morgan fingerprint density at radius 2 is 2.00 bits per heavy atom. The van der Waals surface area contributed by atoms with Crippen molar-refractivity contribution in [1.29, 1.82) is 0 Å². The third-order valence-corrected chi connectivity index (χ3v) is 2.43. The predicted octanol–water partition coefficient (Wildman–Crippen LogP) is 3.43. The summed E-state index contributed by atoms with van der Waals surface area (Å²) in [7, 11) is 2.95. The third-order valence-electron chi connectivity index (χ3n) is 1.85. The van der Waals surface area contributed by atoms with E-state index in [4.69, 9.17) is 16.0 Å². The molecule has 80 valence electrons. The molecule has 5 heteroatoms. The lowest BCUT2D eigenvalue weighted by molar-refractivity contribution is -0.106. The first-order chi connectivity index (χ1) is 7.13. The van der Waals surface area contributed by atoms with Gasteiger partial charge in [-0.3, -0.25) is 0 Å². The molecular weight excluding hydrogens is 265 g/mol. The molecule has 1 aromatic carbocycles. The van der Waals surface area contributed by atoms with Crippen LogP contribution >= 0.6 is 15.9 Å². The second kappa shape index (κ2) is 5.21. The SMILES string of the molecule is [C-]#[N+]c1cc(C(OC)OC)cc(Br)c1F. The topological polar surface area (TPSA) is 22.8 Å². The van der Waals surface area contributed by atoms with E-state index in [1.807, 2.05) is 0 Å². The van der Waals surface area contributed by atoms with Crippen LogP contribution in [0.3, 0.4) is 0 Å². The first-order valence-corrected chi connectivity index (χ1v) is 4.85. The van der Waals surface area contributed by atoms with E-state index in [0.29, 0.717) is 5.56 Å². The van der Waals surface area contributed by atoms with E-state index in [9.17, 15) is 4.39 Å². The first-order valence-electron chi connectivity index (χ1n) is 4.06. The summed E-state index contributed by atoms with van der Waals surface area (Å²) in [5, 5.41) is 0. The molecule has 0 aliphatic carbocycles. The normalized spacial score (nSPS) is 10.4. The molecule has 0 aromatic heterocycles. The zero-order valence-electron chi connectivity index (χ0n) is 8.25. The molecule has 1 rings (SSSR count). The second-order valence-corrected chi connectivity index (χ2v) is 3.61. The van der Waals surface area contributed by atoms with Gasteiger partial charge in [-0.2, -0.15) is 0 Å². The van der Waals surface area contributed by atoms with Crippen molar-refractivity contribution in [3.63, 3.8) is 0 Å². The van der Waals surface area contributed by atoms with Crippen LogP contribution in [0.15, 0.2) is 16.6 Å².